The number of hydrogen-bond donors (Lipinski definition) is 1. The first-order valence-corrected chi connectivity index (χ1v) is 10.6. The number of benzene rings is 4. The third kappa shape index (κ3) is 4.04. The first-order valence-electron chi connectivity index (χ1n) is 10.6. The van der Waals surface area contributed by atoms with E-state index in [1.54, 1.807) is 6.20 Å². The van der Waals surface area contributed by atoms with Crippen LogP contribution in [0.5, 0.6) is 5.75 Å². The fourth-order valence-electron chi connectivity index (χ4n) is 3.91. The van der Waals surface area contributed by atoms with Gasteiger partial charge in [-0.2, -0.15) is 0 Å². The van der Waals surface area contributed by atoms with E-state index in [4.69, 9.17) is 9.15 Å². The molecule has 6 aromatic rings. The molecule has 0 aliphatic heterocycles. The maximum Gasteiger partial charge on any atom is 0.199 e. The Morgan fingerprint density at radius 2 is 1.64 bits per heavy atom. The van der Waals surface area contributed by atoms with E-state index in [0.717, 1.165) is 27.8 Å². The molecule has 4 aromatic carbocycles. The molecule has 2 aromatic heterocycles. The molecule has 0 atom stereocenters. The maximum absolute atomic E-state index is 6.08. The Balaban J connectivity index is 1.20. The highest BCUT2D eigenvalue weighted by atomic mass is 16.5. The van der Waals surface area contributed by atoms with Crippen LogP contribution in [0.3, 0.4) is 0 Å². The number of tetrazole rings is 1. The van der Waals surface area contributed by atoms with Crippen LogP contribution in [0.15, 0.2) is 89.5 Å². The molecule has 0 bridgehead atoms. The van der Waals surface area contributed by atoms with E-state index >= 15 is 0 Å². The smallest absolute Gasteiger partial charge is 0.199 e. The minimum absolute atomic E-state index is 0.286. The SMILES string of the molecule is c1ccc2cc(Cc3ncc(-c4ccc5cc(OCc6nnn[nH]6)ccc5c4)o3)ccc2c1. The van der Waals surface area contributed by atoms with Gasteiger partial charge >= 0.3 is 0 Å². The van der Waals surface area contributed by atoms with Crippen LogP contribution in [-0.4, -0.2) is 25.6 Å². The van der Waals surface area contributed by atoms with Gasteiger partial charge in [0.1, 0.15) is 12.4 Å². The number of nitrogens with zero attached hydrogens (tertiary/aromatic N) is 4. The van der Waals surface area contributed by atoms with Crippen molar-refractivity contribution < 1.29 is 9.15 Å². The molecule has 0 saturated heterocycles. The highest BCUT2D eigenvalue weighted by Crippen LogP contribution is 2.28. The van der Waals surface area contributed by atoms with Crippen LogP contribution in [0.4, 0.5) is 0 Å². The zero-order valence-corrected chi connectivity index (χ0v) is 17.6. The molecular weight excluding hydrogens is 414 g/mol. The molecule has 0 unspecified atom stereocenters. The van der Waals surface area contributed by atoms with Crippen molar-refractivity contribution in [3.63, 3.8) is 0 Å². The summed E-state index contributed by atoms with van der Waals surface area (Å²) < 4.78 is 11.8. The third-order valence-electron chi connectivity index (χ3n) is 5.58. The van der Waals surface area contributed by atoms with Crippen LogP contribution < -0.4 is 4.74 Å². The fraction of sp³-hybridized carbons (Fsp3) is 0.0769. The first-order chi connectivity index (χ1) is 16.3. The van der Waals surface area contributed by atoms with Crippen LogP contribution >= 0.6 is 0 Å². The van der Waals surface area contributed by atoms with Crippen LogP contribution in [0.1, 0.15) is 17.3 Å². The predicted octanol–water partition coefficient (Wildman–Crippen LogP) is 5.33. The van der Waals surface area contributed by atoms with Crippen molar-refractivity contribution in [3.05, 3.63) is 102 Å². The summed E-state index contributed by atoms with van der Waals surface area (Å²) in [5.74, 6) is 2.79. The molecule has 0 amide bonds. The second-order valence-electron chi connectivity index (χ2n) is 7.84. The molecule has 33 heavy (non-hydrogen) atoms. The van der Waals surface area contributed by atoms with E-state index in [9.17, 15) is 0 Å². The van der Waals surface area contributed by atoms with Gasteiger partial charge in [0.05, 0.1) is 6.20 Å². The summed E-state index contributed by atoms with van der Waals surface area (Å²) in [5.41, 5.74) is 2.16. The predicted molar refractivity (Wildman–Crippen MR) is 125 cm³/mol. The summed E-state index contributed by atoms with van der Waals surface area (Å²) in [6.45, 7) is 0.286. The van der Waals surface area contributed by atoms with Gasteiger partial charge in [0, 0.05) is 12.0 Å². The van der Waals surface area contributed by atoms with Crippen molar-refractivity contribution in [2.45, 2.75) is 13.0 Å². The number of rotatable bonds is 6. The first kappa shape index (κ1) is 19.2. The number of oxazole rings is 1. The summed E-state index contributed by atoms with van der Waals surface area (Å²) in [6.07, 6.45) is 2.44. The number of nitrogens with one attached hydrogen (secondary N) is 1. The topological polar surface area (TPSA) is 89.7 Å². The molecule has 7 nitrogen and oxygen atoms in total. The second-order valence-corrected chi connectivity index (χ2v) is 7.84. The molecule has 0 saturated carbocycles. The standard InChI is InChI=1S/C26H19N5O2/c1-2-4-19-11-17(5-6-18(19)3-1)12-26-27-15-24(33-26)22-8-7-21-14-23(10-9-20(21)13-22)32-16-25-28-30-31-29-25/h1-11,13-15H,12,16H2,(H,28,29,30,31). The monoisotopic (exact) mass is 433 g/mol. The number of aromatic nitrogens is 5. The molecule has 0 aliphatic carbocycles. The van der Waals surface area contributed by atoms with Crippen LogP contribution in [0.25, 0.3) is 32.9 Å². The minimum atomic E-state index is 0.286. The minimum Gasteiger partial charge on any atom is -0.486 e. The Morgan fingerprint density at radius 1 is 0.818 bits per heavy atom. The van der Waals surface area contributed by atoms with Crippen LogP contribution in [0, 0.1) is 0 Å². The molecule has 0 radical (unpaired) electrons. The molecule has 2 heterocycles. The summed E-state index contributed by atoms with van der Waals surface area (Å²) in [7, 11) is 0. The van der Waals surface area contributed by atoms with Crippen molar-refractivity contribution in [1.82, 2.24) is 25.6 Å². The zero-order chi connectivity index (χ0) is 22.0. The lowest BCUT2D eigenvalue weighted by atomic mass is 10.1. The van der Waals surface area contributed by atoms with E-state index in [-0.39, 0.29) is 6.61 Å². The Labute approximate surface area is 189 Å². The van der Waals surface area contributed by atoms with Gasteiger partial charge in [0.15, 0.2) is 17.5 Å². The Morgan fingerprint density at radius 3 is 2.55 bits per heavy atom. The van der Waals surface area contributed by atoms with Crippen molar-refractivity contribution in [2.75, 3.05) is 0 Å². The summed E-state index contributed by atoms with van der Waals surface area (Å²) >= 11 is 0. The van der Waals surface area contributed by atoms with Gasteiger partial charge in [-0.3, -0.25) is 0 Å². The van der Waals surface area contributed by atoms with Crippen molar-refractivity contribution in [2.24, 2.45) is 0 Å². The van der Waals surface area contributed by atoms with E-state index in [1.807, 2.05) is 24.3 Å². The Bertz CT molecular complexity index is 1560. The highest BCUT2D eigenvalue weighted by Gasteiger charge is 2.09. The third-order valence-corrected chi connectivity index (χ3v) is 5.58. The lowest BCUT2D eigenvalue weighted by molar-refractivity contribution is 0.296. The maximum atomic E-state index is 6.08. The van der Waals surface area contributed by atoms with Gasteiger partial charge in [-0.1, -0.05) is 60.7 Å². The molecule has 1 N–H and O–H groups in total. The van der Waals surface area contributed by atoms with E-state index < -0.39 is 0 Å². The molecule has 0 spiro atoms. The number of aromatic amines is 1. The largest absolute Gasteiger partial charge is 0.486 e. The Hall–Kier alpha value is -4.52. The second kappa shape index (κ2) is 8.20. The van der Waals surface area contributed by atoms with Crippen LogP contribution in [-0.2, 0) is 13.0 Å². The van der Waals surface area contributed by atoms with Crippen LogP contribution in [0.2, 0.25) is 0 Å². The average molecular weight is 433 g/mol. The van der Waals surface area contributed by atoms with Gasteiger partial charge in [-0.25, -0.2) is 10.1 Å². The molecule has 0 fully saturated rings. The van der Waals surface area contributed by atoms with Gasteiger partial charge in [0.2, 0.25) is 0 Å². The lowest BCUT2D eigenvalue weighted by Gasteiger charge is -2.06. The number of H-pyrrole nitrogens is 1. The number of hydrogen-bond acceptors (Lipinski definition) is 6. The highest BCUT2D eigenvalue weighted by molar-refractivity contribution is 5.87. The molecule has 7 heteroatoms. The van der Waals surface area contributed by atoms with Gasteiger partial charge in [0.25, 0.3) is 0 Å². The molecule has 0 aliphatic rings. The normalized spacial score (nSPS) is 11.3. The number of ether oxygens (including phenoxy) is 1. The van der Waals surface area contributed by atoms with E-state index in [2.05, 4.69) is 80.2 Å². The molecule has 160 valence electrons. The zero-order valence-electron chi connectivity index (χ0n) is 17.6. The average Bonchev–Trinajstić information content (AvgIpc) is 3.55. The fourth-order valence-corrected chi connectivity index (χ4v) is 3.91. The summed E-state index contributed by atoms with van der Waals surface area (Å²) in [5, 5.41) is 18.2. The van der Waals surface area contributed by atoms with Gasteiger partial charge in [-0.15, -0.1) is 5.10 Å². The van der Waals surface area contributed by atoms with Gasteiger partial charge < -0.3 is 9.15 Å². The summed E-state index contributed by atoms with van der Waals surface area (Å²) in [4.78, 5) is 4.51. The van der Waals surface area contributed by atoms with Crippen molar-refractivity contribution in [1.29, 1.82) is 0 Å². The molecule has 6 rings (SSSR count). The quantitative estimate of drug-likeness (QED) is 0.382. The van der Waals surface area contributed by atoms with Crippen molar-refractivity contribution >= 4 is 21.5 Å². The molecular formula is C26H19N5O2. The van der Waals surface area contributed by atoms with E-state index in [0.29, 0.717) is 18.1 Å². The number of fused-ring (bicyclic) bond motifs is 2. The lowest BCUT2D eigenvalue weighted by Crippen LogP contribution is -1.97. The van der Waals surface area contributed by atoms with Gasteiger partial charge in [-0.05, 0) is 55.7 Å². The summed E-state index contributed by atoms with van der Waals surface area (Å²) in [6, 6.07) is 26.9. The Kier molecular flexibility index (Phi) is 4.77. The van der Waals surface area contributed by atoms with E-state index in [1.165, 1.54) is 16.3 Å². The van der Waals surface area contributed by atoms with Crippen molar-refractivity contribution in [3.8, 4) is 17.1 Å².